The zero-order valence-electron chi connectivity index (χ0n) is 24.6. The van der Waals surface area contributed by atoms with E-state index in [2.05, 4.69) is 48.5 Å². The van der Waals surface area contributed by atoms with E-state index in [1.54, 1.807) is 7.11 Å². The maximum absolute atomic E-state index is 14.0. The van der Waals surface area contributed by atoms with Crippen LogP contribution < -0.4 is 4.74 Å². The smallest absolute Gasteiger partial charge is 0.162 e. The van der Waals surface area contributed by atoms with Crippen LogP contribution in [0.3, 0.4) is 0 Å². The van der Waals surface area contributed by atoms with Crippen LogP contribution in [0.5, 0.6) is 5.75 Å². The molecule has 7 heteroatoms. The molecule has 0 N–H and O–H groups in total. The molecule has 2 aromatic carbocycles. The summed E-state index contributed by atoms with van der Waals surface area (Å²) in [5.41, 5.74) is 5.34. The lowest BCUT2D eigenvalue weighted by Gasteiger charge is -2.49. The second-order valence-corrected chi connectivity index (χ2v) is 14.4. The van der Waals surface area contributed by atoms with E-state index < -0.39 is 0 Å². The zero-order chi connectivity index (χ0) is 29.5. The summed E-state index contributed by atoms with van der Waals surface area (Å²) in [6, 6.07) is 13.6. The Morgan fingerprint density at radius 1 is 0.927 bits per heavy atom. The van der Waals surface area contributed by atoms with Crippen LogP contribution in [0.2, 0.25) is 5.02 Å². The minimum atomic E-state index is -0.385. The molecule has 5 nitrogen and oxygen atoms in total. The van der Waals surface area contributed by atoms with E-state index in [-0.39, 0.29) is 28.3 Å². The van der Waals surface area contributed by atoms with Gasteiger partial charge in [0.2, 0.25) is 0 Å². The Bertz CT molecular complexity index is 1390. The number of benzene rings is 2. The van der Waals surface area contributed by atoms with Crippen molar-refractivity contribution in [3.8, 4) is 5.75 Å². The van der Waals surface area contributed by atoms with Crippen LogP contribution >= 0.6 is 27.5 Å². The number of methoxy groups -OCH3 is 1. The van der Waals surface area contributed by atoms with E-state index >= 15 is 0 Å². The highest BCUT2D eigenvalue weighted by molar-refractivity contribution is 9.10. The van der Waals surface area contributed by atoms with Crippen LogP contribution in [0.25, 0.3) is 0 Å². The van der Waals surface area contributed by atoms with E-state index in [4.69, 9.17) is 21.1 Å². The zero-order valence-corrected chi connectivity index (χ0v) is 27.0. The number of hydrogen-bond acceptors (Lipinski definition) is 5. The molecule has 218 valence electrons. The van der Waals surface area contributed by atoms with Gasteiger partial charge < -0.3 is 14.4 Å². The van der Waals surface area contributed by atoms with Crippen molar-refractivity contribution in [1.29, 1.82) is 0 Å². The average molecular weight is 641 g/mol. The number of halogens is 2. The van der Waals surface area contributed by atoms with E-state index in [0.29, 0.717) is 36.8 Å². The minimum absolute atomic E-state index is 0.139. The summed E-state index contributed by atoms with van der Waals surface area (Å²) in [6.45, 7) is 10.4. The molecule has 2 aliphatic carbocycles. The van der Waals surface area contributed by atoms with Crippen molar-refractivity contribution in [1.82, 2.24) is 4.90 Å². The molecule has 41 heavy (non-hydrogen) atoms. The molecule has 5 rings (SSSR count). The number of carbonyl (C=O) groups is 2. The Morgan fingerprint density at radius 3 is 2.12 bits per heavy atom. The molecular weight excluding hydrogens is 602 g/mol. The molecule has 0 radical (unpaired) electrons. The van der Waals surface area contributed by atoms with Crippen LogP contribution in [0.15, 0.2) is 69.5 Å². The molecular formula is C34H39BrClNO4. The first-order valence-electron chi connectivity index (χ1n) is 14.3. The van der Waals surface area contributed by atoms with Crippen molar-refractivity contribution in [2.45, 2.75) is 72.3 Å². The van der Waals surface area contributed by atoms with Gasteiger partial charge in [0.1, 0.15) is 12.4 Å². The van der Waals surface area contributed by atoms with Crippen LogP contribution in [0, 0.1) is 10.8 Å². The highest BCUT2D eigenvalue weighted by Crippen LogP contribution is 2.54. The van der Waals surface area contributed by atoms with Gasteiger partial charge in [0.25, 0.3) is 0 Å². The van der Waals surface area contributed by atoms with E-state index in [0.717, 1.165) is 63.9 Å². The molecule has 1 heterocycles. The summed E-state index contributed by atoms with van der Waals surface area (Å²) >= 11 is 9.86. The second kappa shape index (κ2) is 11.7. The Kier molecular flexibility index (Phi) is 8.58. The van der Waals surface area contributed by atoms with Crippen molar-refractivity contribution >= 4 is 39.1 Å². The summed E-state index contributed by atoms with van der Waals surface area (Å²) in [5.74, 6) is 0.588. The first-order valence-corrected chi connectivity index (χ1v) is 15.5. The van der Waals surface area contributed by atoms with Crippen molar-refractivity contribution in [2.24, 2.45) is 10.8 Å². The highest BCUT2D eigenvalue weighted by Gasteiger charge is 2.48. The summed E-state index contributed by atoms with van der Waals surface area (Å²) in [6.07, 6.45) is 3.36. The van der Waals surface area contributed by atoms with Gasteiger partial charge in [0.15, 0.2) is 11.6 Å². The number of nitrogens with zero attached hydrogens (tertiary/aromatic N) is 1. The lowest BCUT2D eigenvalue weighted by molar-refractivity contribution is -0.119. The molecule has 0 atom stereocenters. The third kappa shape index (κ3) is 6.35. The molecule has 0 bridgehead atoms. The molecule has 0 spiro atoms. The predicted molar refractivity (Wildman–Crippen MR) is 166 cm³/mol. The predicted octanol–water partition coefficient (Wildman–Crippen LogP) is 8.40. The topological polar surface area (TPSA) is 55.8 Å². The molecule has 0 aromatic heterocycles. The Morgan fingerprint density at radius 2 is 1.56 bits per heavy atom. The Labute approximate surface area is 257 Å². The molecule has 0 fully saturated rings. The first kappa shape index (κ1) is 30.1. The number of Topliss-reactive ketones (excluding diaryl/α,β-unsaturated/α-hetero) is 2. The van der Waals surface area contributed by atoms with Gasteiger partial charge in [0.05, 0.1) is 4.47 Å². The minimum Gasteiger partial charge on any atom is -0.488 e. The number of hydrogen-bond donors (Lipinski definition) is 0. The van der Waals surface area contributed by atoms with Crippen molar-refractivity contribution in [3.63, 3.8) is 0 Å². The lowest BCUT2D eigenvalue weighted by atomic mass is 9.63. The molecule has 0 amide bonds. The van der Waals surface area contributed by atoms with E-state index in [9.17, 15) is 9.59 Å². The molecule has 0 saturated carbocycles. The number of allylic oxidation sites excluding steroid dienone is 4. The number of carbonyl (C=O) groups excluding carboxylic acids is 2. The van der Waals surface area contributed by atoms with E-state index in [1.165, 1.54) is 0 Å². The van der Waals surface area contributed by atoms with Gasteiger partial charge in [-0.05, 0) is 81.4 Å². The SMILES string of the molecule is COCCCN1C2=C(C(=O)CC(C)(C)C2)C(c2ccc(OCc3cccc(Cl)c3)c(Br)c2)C2=C1CC(C)(C)CC2=O. The second-order valence-electron chi connectivity index (χ2n) is 13.1. The average Bonchev–Trinajstić information content (AvgIpc) is 2.87. The largest absolute Gasteiger partial charge is 0.488 e. The number of ether oxygens (including phenoxy) is 2. The fraction of sp³-hybridized carbons (Fsp3) is 0.471. The summed E-state index contributed by atoms with van der Waals surface area (Å²) in [4.78, 5) is 30.2. The van der Waals surface area contributed by atoms with Gasteiger partial charge in [-0.2, -0.15) is 0 Å². The van der Waals surface area contributed by atoms with E-state index in [1.807, 2.05) is 42.5 Å². The van der Waals surface area contributed by atoms with Gasteiger partial charge in [-0.15, -0.1) is 0 Å². The standard InChI is InChI=1S/C34H39BrClNO4/c1-33(2)16-25-31(27(38)18-33)30(32-26(37(25)12-7-13-40-5)17-34(3,4)19-28(32)39)22-10-11-29(24(35)15-22)41-20-21-8-6-9-23(36)14-21/h6,8-11,14-15,30H,7,12-13,16-20H2,1-5H3. The molecule has 0 saturated heterocycles. The van der Waals surface area contributed by atoms with Crippen molar-refractivity contribution in [2.75, 3.05) is 20.3 Å². The number of ketones is 2. The van der Waals surface area contributed by atoms with Gasteiger partial charge in [-0.1, -0.05) is 57.5 Å². The van der Waals surface area contributed by atoms with Crippen LogP contribution in [-0.4, -0.2) is 36.7 Å². The molecule has 1 aliphatic heterocycles. The molecule has 2 aromatic rings. The Balaban J connectivity index is 1.58. The van der Waals surface area contributed by atoms with Gasteiger partial charge in [-0.3, -0.25) is 9.59 Å². The maximum Gasteiger partial charge on any atom is 0.162 e. The third-order valence-corrected chi connectivity index (χ3v) is 9.18. The summed E-state index contributed by atoms with van der Waals surface area (Å²) in [7, 11) is 1.71. The normalized spacial score (nSPS) is 20.3. The molecule has 3 aliphatic rings. The monoisotopic (exact) mass is 639 g/mol. The Hall–Kier alpha value is -2.41. The van der Waals surface area contributed by atoms with Crippen LogP contribution in [0.1, 0.15) is 76.8 Å². The summed E-state index contributed by atoms with van der Waals surface area (Å²) in [5, 5.41) is 0.669. The van der Waals surface area contributed by atoms with Crippen LogP contribution in [-0.2, 0) is 20.9 Å². The highest BCUT2D eigenvalue weighted by atomic mass is 79.9. The maximum atomic E-state index is 14.0. The number of rotatable bonds is 8. The van der Waals surface area contributed by atoms with Gasteiger partial charge in [-0.25, -0.2) is 0 Å². The van der Waals surface area contributed by atoms with Gasteiger partial charge in [0, 0.05) is 66.6 Å². The quantitative estimate of drug-likeness (QED) is 0.271. The fourth-order valence-corrected chi connectivity index (χ4v) is 7.34. The third-order valence-electron chi connectivity index (χ3n) is 8.32. The fourth-order valence-electron chi connectivity index (χ4n) is 6.62. The lowest BCUT2D eigenvalue weighted by Crippen LogP contribution is -2.44. The van der Waals surface area contributed by atoms with Crippen molar-refractivity contribution in [3.05, 3.63) is 85.6 Å². The van der Waals surface area contributed by atoms with Crippen molar-refractivity contribution < 1.29 is 19.1 Å². The molecule has 0 unspecified atom stereocenters. The first-order chi connectivity index (χ1) is 19.4. The summed E-state index contributed by atoms with van der Waals surface area (Å²) < 4.78 is 12.3. The van der Waals surface area contributed by atoms with Gasteiger partial charge >= 0.3 is 0 Å². The van der Waals surface area contributed by atoms with Crippen LogP contribution in [0.4, 0.5) is 0 Å².